The number of amides is 1. The summed E-state index contributed by atoms with van der Waals surface area (Å²) in [5.41, 5.74) is 3.97. The Hall–Kier alpha value is -3.11. The Morgan fingerprint density at radius 3 is 2.84 bits per heavy atom. The molecule has 0 bridgehead atoms. The second-order valence-corrected chi connectivity index (χ2v) is 8.94. The molecule has 32 heavy (non-hydrogen) atoms. The van der Waals surface area contributed by atoms with E-state index in [-0.39, 0.29) is 11.7 Å². The van der Waals surface area contributed by atoms with Gasteiger partial charge in [0, 0.05) is 22.3 Å². The van der Waals surface area contributed by atoms with Gasteiger partial charge in [-0.2, -0.15) is 5.10 Å². The number of aromatic hydroxyl groups is 1. The Morgan fingerprint density at radius 2 is 2.09 bits per heavy atom. The molecule has 10 heteroatoms. The van der Waals surface area contributed by atoms with Crippen LogP contribution in [-0.4, -0.2) is 37.2 Å². The van der Waals surface area contributed by atoms with E-state index < -0.39 is 5.25 Å². The number of hydrogen-bond acceptors (Lipinski definition) is 7. The van der Waals surface area contributed by atoms with Crippen molar-refractivity contribution in [3.05, 3.63) is 77.0 Å². The number of nitrogens with one attached hydrogen (secondary N) is 2. The molecule has 3 N–H and O–H groups in total. The van der Waals surface area contributed by atoms with Crippen LogP contribution in [0.1, 0.15) is 18.3 Å². The van der Waals surface area contributed by atoms with Gasteiger partial charge in [-0.1, -0.05) is 52.0 Å². The average Bonchev–Trinajstić information content (AvgIpc) is 3.16. The van der Waals surface area contributed by atoms with Crippen LogP contribution in [0, 0.1) is 0 Å². The second kappa shape index (κ2) is 11.5. The predicted octanol–water partition coefficient (Wildman–Crippen LogP) is 4.18. The minimum absolute atomic E-state index is 0.0720. The maximum atomic E-state index is 12.5. The van der Waals surface area contributed by atoms with Gasteiger partial charge in [-0.25, -0.2) is 5.43 Å². The summed E-state index contributed by atoms with van der Waals surface area (Å²) >= 11 is 4.62. The number of thioether (sulfide) groups is 1. The maximum Gasteiger partial charge on any atom is 0.253 e. The molecule has 1 aromatic heterocycles. The zero-order chi connectivity index (χ0) is 22.9. The third-order valence-electron chi connectivity index (χ3n) is 4.35. The Morgan fingerprint density at radius 1 is 1.31 bits per heavy atom. The summed E-state index contributed by atoms with van der Waals surface area (Å²) in [7, 11) is 0. The van der Waals surface area contributed by atoms with Crippen LogP contribution in [0.4, 0.5) is 5.69 Å². The van der Waals surface area contributed by atoms with Crippen LogP contribution in [0.5, 0.6) is 5.75 Å². The van der Waals surface area contributed by atoms with E-state index in [2.05, 4.69) is 48.6 Å². The number of hydrogen-bond donors (Lipinski definition) is 3. The van der Waals surface area contributed by atoms with E-state index >= 15 is 0 Å². The zero-order valence-electron chi connectivity index (χ0n) is 17.4. The van der Waals surface area contributed by atoms with E-state index in [1.54, 1.807) is 31.2 Å². The SMILES string of the molecule is C=CCn1c(CNc2ccccc2)nnc1S[C@H](C)C(=O)NN=Cc1cc(Br)ccc1O. The number of aromatic nitrogens is 3. The fraction of sp³-hybridized carbons (Fsp3) is 0.182. The Bertz CT molecular complexity index is 1100. The van der Waals surface area contributed by atoms with Crippen molar-refractivity contribution in [1.29, 1.82) is 0 Å². The van der Waals surface area contributed by atoms with Gasteiger partial charge >= 0.3 is 0 Å². The third-order valence-corrected chi connectivity index (χ3v) is 5.92. The van der Waals surface area contributed by atoms with Crippen molar-refractivity contribution >= 4 is 45.5 Å². The number of benzene rings is 2. The van der Waals surface area contributed by atoms with Gasteiger partial charge in [-0.15, -0.1) is 16.8 Å². The molecule has 0 aliphatic heterocycles. The number of phenols is 1. The van der Waals surface area contributed by atoms with Crippen LogP contribution in [0.3, 0.4) is 0 Å². The van der Waals surface area contributed by atoms with E-state index in [0.29, 0.717) is 23.8 Å². The van der Waals surface area contributed by atoms with Crippen molar-refractivity contribution < 1.29 is 9.90 Å². The van der Waals surface area contributed by atoms with Gasteiger partial charge in [-0.3, -0.25) is 4.79 Å². The fourth-order valence-electron chi connectivity index (χ4n) is 2.68. The highest BCUT2D eigenvalue weighted by atomic mass is 79.9. The second-order valence-electron chi connectivity index (χ2n) is 6.72. The van der Waals surface area contributed by atoms with Gasteiger partial charge in [0.05, 0.1) is 18.0 Å². The lowest BCUT2D eigenvalue weighted by Crippen LogP contribution is -2.27. The van der Waals surface area contributed by atoms with Gasteiger partial charge in [-0.05, 0) is 37.3 Å². The number of carbonyl (C=O) groups is 1. The number of carbonyl (C=O) groups excluding carboxylic acids is 1. The van der Waals surface area contributed by atoms with E-state index in [0.717, 1.165) is 16.0 Å². The number of hydrazone groups is 1. The quantitative estimate of drug-likeness (QED) is 0.162. The first-order valence-corrected chi connectivity index (χ1v) is 11.4. The number of para-hydroxylation sites is 1. The van der Waals surface area contributed by atoms with Crippen molar-refractivity contribution in [2.75, 3.05) is 5.32 Å². The summed E-state index contributed by atoms with van der Waals surface area (Å²) < 4.78 is 2.71. The molecule has 0 unspecified atom stereocenters. The number of allylic oxidation sites excluding steroid dienone is 1. The minimum atomic E-state index is -0.467. The molecular weight excluding hydrogens is 492 g/mol. The molecule has 8 nitrogen and oxygen atoms in total. The van der Waals surface area contributed by atoms with Gasteiger partial charge < -0.3 is 15.0 Å². The van der Waals surface area contributed by atoms with Crippen molar-refractivity contribution in [1.82, 2.24) is 20.2 Å². The highest BCUT2D eigenvalue weighted by molar-refractivity contribution is 9.10. The molecule has 1 amide bonds. The summed E-state index contributed by atoms with van der Waals surface area (Å²) in [6.07, 6.45) is 3.15. The smallest absolute Gasteiger partial charge is 0.253 e. The highest BCUT2D eigenvalue weighted by Crippen LogP contribution is 2.23. The molecule has 2 aromatic carbocycles. The van der Waals surface area contributed by atoms with E-state index in [1.165, 1.54) is 18.0 Å². The Balaban J connectivity index is 1.61. The molecule has 1 heterocycles. The third kappa shape index (κ3) is 6.44. The first kappa shape index (κ1) is 23.6. The highest BCUT2D eigenvalue weighted by Gasteiger charge is 2.19. The Labute approximate surface area is 199 Å². The summed E-state index contributed by atoms with van der Waals surface area (Å²) in [5, 5.41) is 25.8. The molecule has 3 rings (SSSR count). The van der Waals surface area contributed by atoms with Gasteiger partial charge in [0.25, 0.3) is 5.91 Å². The minimum Gasteiger partial charge on any atom is -0.507 e. The van der Waals surface area contributed by atoms with E-state index in [9.17, 15) is 9.90 Å². The summed E-state index contributed by atoms with van der Waals surface area (Å²) in [6, 6.07) is 14.8. The molecule has 166 valence electrons. The summed E-state index contributed by atoms with van der Waals surface area (Å²) in [4.78, 5) is 12.5. The molecule has 1 atom stereocenters. The average molecular weight is 515 g/mol. The first-order valence-electron chi connectivity index (χ1n) is 9.78. The largest absolute Gasteiger partial charge is 0.507 e. The number of rotatable bonds is 10. The molecule has 0 aliphatic carbocycles. The zero-order valence-corrected chi connectivity index (χ0v) is 19.8. The number of halogens is 1. The molecule has 0 spiro atoms. The lowest BCUT2D eigenvalue weighted by molar-refractivity contribution is -0.120. The lowest BCUT2D eigenvalue weighted by atomic mass is 10.2. The van der Waals surface area contributed by atoms with E-state index in [1.807, 2.05) is 34.9 Å². The molecule has 0 aliphatic rings. The normalized spacial score (nSPS) is 11.9. The van der Waals surface area contributed by atoms with Crippen molar-refractivity contribution in [2.24, 2.45) is 5.10 Å². The Kier molecular flexibility index (Phi) is 8.46. The molecule has 0 fully saturated rings. The van der Waals surface area contributed by atoms with Gasteiger partial charge in [0.2, 0.25) is 0 Å². The van der Waals surface area contributed by atoms with Crippen molar-refractivity contribution in [2.45, 2.75) is 30.4 Å². The standard InChI is InChI=1S/C22H23BrN6O2S/c1-3-11-29-20(14-24-18-7-5-4-6-8-18)26-28-22(29)32-15(2)21(31)27-25-13-16-12-17(23)9-10-19(16)30/h3-10,12-13,15,24,30H,1,11,14H2,2H3,(H,27,31)/t15-/m1/s1. The van der Waals surface area contributed by atoms with Crippen LogP contribution in [0.15, 0.2) is 75.9 Å². The summed E-state index contributed by atoms with van der Waals surface area (Å²) in [5.74, 6) is 0.521. The van der Waals surface area contributed by atoms with Crippen LogP contribution in [-0.2, 0) is 17.9 Å². The van der Waals surface area contributed by atoms with Gasteiger partial charge in [0.15, 0.2) is 11.0 Å². The molecular formula is C22H23BrN6O2S. The number of phenolic OH excluding ortho intramolecular Hbond substituents is 1. The monoisotopic (exact) mass is 514 g/mol. The fourth-order valence-corrected chi connectivity index (χ4v) is 3.93. The molecule has 0 saturated heterocycles. The van der Waals surface area contributed by atoms with Crippen molar-refractivity contribution in [3.8, 4) is 5.75 Å². The number of anilines is 1. The molecule has 0 radical (unpaired) electrons. The lowest BCUT2D eigenvalue weighted by Gasteiger charge is -2.12. The molecule has 0 saturated carbocycles. The number of nitrogens with zero attached hydrogens (tertiary/aromatic N) is 4. The maximum absolute atomic E-state index is 12.5. The van der Waals surface area contributed by atoms with Crippen LogP contribution in [0.2, 0.25) is 0 Å². The van der Waals surface area contributed by atoms with Crippen LogP contribution >= 0.6 is 27.7 Å². The topological polar surface area (TPSA) is 104 Å². The first-order chi connectivity index (χ1) is 15.5. The van der Waals surface area contributed by atoms with Crippen molar-refractivity contribution in [3.63, 3.8) is 0 Å². The molecule has 3 aromatic rings. The van der Waals surface area contributed by atoms with Crippen LogP contribution in [0.25, 0.3) is 0 Å². The summed E-state index contributed by atoms with van der Waals surface area (Å²) in [6.45, 7) is 6.59. The van der Waals surface area contributed by atoms with E-state index in [4.69, 9.17) is 0 Å². The predicted molar refractivity (Wildman–Crippen MR) is 131 cm³/mol. The van der Waals surface area contributed by atoms with Crippen LogP contribution < -0.4 is 10.7 Å². The van der Waals surface area contributed by atoms with Gasteiger partial charge in [0.1, 0.15) is 5.75 Å².